The lowest BCUT2D eigenvalue weighted by Crippen LogP contribution is -2.43. The lowest BCUT2D eigenvalue weighted by atomic mass is 10.1. The average Bonchev–Trinajstić information content (AvgIpc) is 2.04. The van der Waals surface area contributed by atoms with Gasteiger partial charge in [0.15, 0.2) is 0 Å². The summed E-state index contributed by atoms with van der Waals surface area (Å²) in [5.74, 6) is 0. The molecule has 0 bridgehead atoms. The summed E-state index contributed by atoms with van der Waals surface area (Å²) in [6, 6.07) is 0.363. The molecule has 1 heterocycles. The number of hydrogen-bond donors (Lipinski definition) is 1. The molecule has 0 aromatic rings. The van der Waals surface area contributed by atoms with E-state index in [1.165, 1.54) is 18.4 Å². The highest BCUT2D eigenvalue weighted by molar-refractivity contribution is 6.25. The van der Waals surface area contributed by atoms with Gasteiger partial charge in [0.1, 0.15) is 0 Å². The zero-order valence-corrected chi connectivity index (χ0v) is 8.35. The van der Waals surface area contributed by atoms with Gasteiger partial charge >= 0.3 is 0 Å². The Bertz CT molecular complexity index is 168. The molecule has 1 rings (SSSR count). The van der Waals surface area contributed by atoms with Crippen molar-refractivity contribution < 1.29 is 0 Å². The lowest BCUT2D eigenvalue weighted by Gasteiger charge is -2.30. The molecule has 0 radical (unpaired) electrons. The minimum absolute atomic E-state index is 0.363. The van der Waals surface area contributed by atoms with E-state index in [0.717, 1.165) is 19.6 Å². The van der Waals surface area contributed by atoms with Crippen molar-refractivity contribution in [3.63, 3.8) is 0 Å². The Labute approximate surface area is 79.4 Å². The van der Waals surface area contributed by atoms with Gasteiger partial charge in [0.25, 0.3) is 0 Å². The number of piperidine rings is 1. The Morgan fingerprint density at radius 2 is 2.50 bits per heavy atom. The number of hydrogen-bond acceptors (Lipinski definition) is 2. The maximum Gasteiger partial charge on any atom is 0.0202 e. The van der Waals surface area contributed by atoms with Crippen molar-refractivity contribution >= 4 is 11.6 Å². The molecule has 0 aromatic carbocycles. The minimum atomic E-state index is 0.363. The fourth-order valence-electron chi connectivity index (χ4n) is 1.62. The SMILES string of the molecule is C/C(=C\Cl)CN1CCC[C@@H](N)C1. The van der Waals surface area contributed by atoms with Crippen LogP contribution in [0.3, 0.4) is 0 Å². The molecule has 2 nitrogen and oxygen atoms in total. The predicted octanol–water partition coefficient (Wildman–Crippen LogP) is 1.55. The van der Waals surface area contributed by atoms with E-state index in [1.807, 2.05) is 6.92 Å². The Morgan fingerprint density at radius 1 is 1.75 bits per heavy atom. The first-order chi connectivity index (χ1) is 5.72. The van der Waals surface area contributed by atoms with Gasteiger partial charge in [-0.05, 0) is 31.9 Å². The van der Waals surface area contributed by atoms with E-state index in [1.54, 1.807) is 5.54 Å². The Morgan fingerprint density at radius 3 is 3.08 bits per heavy atom. The van der Waals surface area contributed by atoms with E-state index in [9.17, 15) is 0 Å². The fourth-order valence-corrected chi connectivity index (χ4v) is 1.69. The predicted molar refractivity (Wildman–Crippen MR) is 53.3 cm³/mol. The van der Waals surface area contributed by atoms with E-state index >= 15 is 0 Å². The third-order valence-electron chi connectivity index (χ3n) is 2.20. The van der Waals surface area contributed by atoms with Gasteiger partial charge in [-0.3, -0.25) is 4.90 Å². The molecular formula is C9H17ClN2. The summed E-state index contributed by atoms with van der Waals surface area (Å²) in [4.78, 5) is 2.36. The zero-order valence-electron chi connectivity index (χ0n) is 7.59. The molecule has 12 heavy (non-hydrogen) atoms. The number of halogens is 1. The molecule has 2 N–H and O–H groups in total. The first-order valence-electron chi connectivity index (χ1n) is 4.46. The van der Waals surface area contributed by atoms with Gasteiger partial charge in [-0.25, -0.2) is 0 Å². The first-order valence-corrected chi connectivity index (χ1v) is 4.90. The van der Waals surface area contributed by atoms with Gasteiger partial charge in [-0.15, -0.1) is 0 Å². The molecule has 3 heteroatoms. The largest absolute Gasteiger partial charge is 0.327 e. The van der Waals surface area contributed by atoms with E-state index < -0.39 is 0 Å². The number of nitrogens with zero attached hydrogens (tertiary/aromatic N) is 1. The van der Waals surface area contributed by atoms with Crippen molar-refractivity contribution in [2.45, 2.75) is 25.8 Å². The van der Waals surface area contributed by atoms with Crippen LogP contribution in [0, 0.1) is 0 Å². The standard InChI is InChI=1S/C9H17ClN2/c1-8(5-10)6-12-4-2-3-9(11)7-12/h5,9H,2-4,6-7,11H2,1H3/b8-5+/t9-/m1/s1. The molecule has 0 aliphatic carbocycles. The molecule has 0 aromatic heterocycles. The van der Waals surface area contributed by atoms with Crippen LogP contribution < -0.4 is 5.73 Å². The smallest absolute Gasteiger partial charge is 0.0202 e. The fraction of sp³-hybridized carbons (Fsp3) is 0.778. The molecule has 1 saturated heterocycles. The molecule has 1 atom stereocenters. The summed E-state index contributed by atoms with van der Waals surface area (Å²) in [6.45, 7) is 5.20. The van der Waals surface area contributed by atoms with Crippen LogP contribution in [0.15, 0.2) is 11.1 Å². The highest BCUT2D eigenvalue weighted by Crippen LogP contribution is 2.10. The average molecular weight is 189 g/mol. The van der Waals surface area contributed by atoms with E-state index in [0.29, 0.717) is 6.04 Å². The van der Waals surface area contributed by atoms with Crippen molar-refractivity contribution in [1.29, 1.82) is 0 Å². The number of rotatable bonds is 2. The summed E-state index contributed by atoms with van der Waals surface area (Å²) in [6.07, 6.45) is 2.39. The zero-order chi connectivity index (χ0) is 8.97. The molecule has 0 amide bonds. The van der Waals surface area contributed by atoms with Gasteiger partial charge in [0.2, 0.25) is 0 Å². The van der Waals surface area contributed by atoms with Crippen molar-refractivity contribution in [2.24, 2.45) is 5.73 Å². The van der Waals surface area contributed by atoms with Gasteiger partial charge in [0, 0.05) is 24.7 Å². The minimum Gasteiger partial charge on any atom is -0.327 e. The summed E-state index contributed by atoms with van der Waals surface area (Å²) in [7, 11) is 0. The second-order valence-electron chi connectivity index (χ2n) is 3.59. The monoisotopic (exact) mass is 188 g/mol. The molecule has 1 aliphatic rings. The Kier molecular flexibility index (Phi) is 4.06. The van der Waals surface area contributed by atoms with E-state index in [4.69, 9.17) is 17.3 Å². The molecule has 1 aliphatic heterocycles. The van der Waals surface area contributed by atoms with Crippen LogP contribution in [-0.2, 0) is 0 Å². The second-order valence-corrected chi connectivity index (χ2v) is 3.81. The van der Waals surface area contributed by atoms with Crippen LogP contribution in [0.2, 0.25) is 0 Å². The van der Waals surface area contributed by atoms with Crippen molar-refractivity contribution in [3.05, 3.63) is 11.1 Å². The number of nitrogens with two attached hydrogens (primary N) is 1. The lowest BCUT2D eigenvalue weighted by molar-refractivity contribution is 0.225. The van der Waals surface area contributed by atoms with Crippen molar-refractivity contribution in [3.8, 4) is 0 Å². The normalized spacial score (nSPS) is 27.6. The molecule has 0 unspecified atom stereocenters. The summed E-state index contributed by atoms with van der Waals surface area (Å²) in [5, 5.41) is 0. The van der Waals surface area contributed by atoms with Crippen molar-refractivity contribution in [1.82, 2.24) is 4.90 Å². The third kappa shape index (κ3) is 3.13. The highest BCUT2D eigenvalue weighted by Gasteiger charge is 2.15. The first kappa shape index (κ1) is 10.0. The summed E-state index contributed by atoms with van der Waals surface area (Å²) >= 11 is 5.59. The highest BCUT2D eigenvalue weighted by atomic mass is 35.5. The Balaban J connectivity index is 2.32. The quantitative estimate of drug-likeness (QED) is 0.713. The third-order valence-corrected chi connectivity index (χ3v) is 2.57. The van der Waals surface area contributed by atoms with E-state index in [-0.39, 0.29) is 0 Å². The topological polar surface area (TPSA) is 29.3 Å². The van der Waals surface area contributed by atoms with Gasteiger partial charge in [-0.2, -0.15) is 0 Å². The van der Waals surface area contributed by atoms with Crippen LogP contribution in [0.5, 0.6) is 0 Å². The summed E-state index contributed by atoms with van der Waals surface area (Å²) < 4.78 is 0. The molecule has 70 valence electrons. The molecule has 1 fully saturated rings. The van der Waals surface area contributed by atoms with Gasteiger partial charge in [-0.1, -0.05) is 11.6 Å². The molecular weight excluding hydrogens is 172 g/mol. The maximum absolute atomic E-state index is 5.85. The maximum atomic E-state index is 5.85. The molecule has 0 spiro atoms. The van der Waals surface area contributed by atoms with Crippen molar-refractivity contribution in [2.75, 3.05) is 19.6 Å². The molecule has 0 saturated carbocycles. The van der Waals surface area contributed by atoms with Crippen LogP contribution in [0.25, 0.3) is 0 Å². The summed E-state index contributed by atoms with van der Waals surface area (Å²) in [5.41, 5.74) is 8.71. The van der Waals surface area contributed by atoms with Crippen LogP contribution >= 0.6 is 11.6 Å². The number of likely N-dealkylation sites (tertiary alicyclic amines) is 1. The van der Waals surface area contributed by atoms with E-state index in [2.05, 4.69) is 4.90 Å². The van der Waals surface area contributed by atoms with Crippen LogP contribution in [0.4, 0.5) is 0 Å². The van der Waals surface area contributed by atoms with Crippen LogP contribution in [0.1, 0.15) is 19.8 Å². The van der Waals surface area contributed by atoms with Gasteiger partial charge in [0.05, 0.1) is 0 Å². The Hall–Kier alpha value is -0.0500. The second kappa shape index (κ2) is 4.85. The van der Waals surface area contributed by atoms with Crippen LogP contribution in [-0.4, -0.2) is 30.6 Å². The van der Waals surface area contributed by atoms with Gasteiger partial charge < -0.3 is 5.73 Å².